The SMILES string of the molecule is CCO[PH](=O)N1C(=O)CN(C)C1=O. The number of rotatable bonds is 3. The third-order valence-corrected chi connectivity index (χ3v) is 2.93. The number of hydrogen-bond acceptors (Lipinski definition) is 4. The van der Waals surface area contributed by atoms with Gasteiger partial charge in [0.2, 0.25) is 0 Å². The van der Waals surface area contributed by atoms with Gasteiger partial charge in [0, 0.05) is 7.05 Å². The van der Waals surface area contributed by atoms with Crippen LogP contribution in [0.25, 0.3) is 0 Å². The van der Waals surface area contributed by atoms with Gasteiger partial charge in [-0.25, -0.2) is 4.79 Å². The Bertz CT molecular complexity index is 267. The van der Waals surface area contributed by atoms with Crippen LogP contribution in [0.4, 0.5) is 4.79 Å². The van der Waals surface area contributed by atoms with Gasteiger partial charge in [0.25, 0.3) is 14.1 Å². The Hall–Kier alpha value is -0.870. The first-order chi connectivity index (χ1) is 6.07. The quantitative estimate of drug-likeness (QED) is 0.492. The molecule has 1 aliphatic heterocycles. The molecule has 1 heterocycles. The van der Waals surface area contributed by atoms with Crippen LogP contribution >= 0.6 is 8.18 Å². The van der Waals surface area contributed by atoms with E-state index in [-0.39, 0.29) is 13.2 Å². The van der Waals surface area contributed by atoms with E-state index in [1.165, 1.54) is 11.9 Å². The van der Waals surface area contributed by atoms with Gasteiger partial charge in [0.05, 0.1) is 6.61 Å². The predicted molar refractivity (Wildman–Crippen MR) is 45.5 cm³/mol. The van der Waals surface area contributed by atoms with E-state index in [9.17, 15) is 14.2 Å². The van der Waals surface area contributed by atoms with Crippen molar-refractivity contribution in [1.82, 2.24) is 9.57 Å². The maximum atomic E-state index is 11.2. The summed E-state index contributed by atoms with van der Waals surface area (Å²) in [6.07, 6.45) is 0. The van der Waals surface area contributed by atoms with Crippen LogP contribution in [0.2, 0.25) is 0 Å². The highest BCUT2D eigenvalue weighted by molar-refractivity contribution is 7.38. The van der Waals surface area contributed by atoms with Gasteiger partial charge in [-0.1, -0.05) is 0 Å². The number of urea groups is 1. The average molecular weight is 206 g/mol. The zero-order valence-corrected chi connectivity index (χ0v) is 8.44. The van der Waals surface area contributed by atoms with Crippen LogP contribution in [0.5, 0.6) is 0 Å². The smallest absolute Gasteiger partial charge is 0.318 e. The van der Waals surface area contributed by atoms with Crippen molar-refractivity contribution in [2.75, 3.05) is 20.2 Å². The summed E-state index contributed by atoms with van der Waals surface area (Å²) in [5.41, 5.74) is 0. The number of amides is 3. The molecule has 1 unspecified atom stereocenters. The molecule has 1 atom stereocenters. The highest BCUT2D eigenvalue weighted by atomic mass is 31.1. The Morgan fingerprint density at radius 1 is 1.54 bits per heavy atom. The van der Waals surface area contributed by atoms with Crippen molar-refractivity contribution in [1.29, 1.82) is 0 Å². The van der Waals surface area contributed by atoms with Gasteiger partial charge in [-0.2, -0.15) is 4.67 Å². The molecule has 3 amide bonds. The maximum Gasteiger partial charge on any atom is 0.334 e. The molecular weight excluding hydrogens is 195 g/mol. The third kappa shape index (κ3) is 1.89. The molecule has 0 saturated carbocycles. The Kier molecular flexibility index (Phi) is 3.06. The Morgan fingerprint density at radius 2 is 2.15 bits per heavy atom. The molecule has 0 bridgehead atoms. The molecular formula is C6H11N2O4P. The van der Waals surface area contributed by atoms with E-state index in [0.717, 1.165) is 0 Å². The van der Waals surface area contributed by atoms with E-state index >= 15 is 0 Å². The van der Waals surface area contributed by atoms with Crippen LogP contribution in [0, 0.1) is 0 Å². The zero-order chi connectivity index (χ0) is 10.0. The first-order valence-corrected chi connectivity index (χ1v) is 5.09. The number of likely N-dealkylation sites (N-methyl/N-ethyl adjacent to an activating group) is 1. The molecule has 1 fully saturated rings. The summed E-state index contributed by atoms with van der Waals surface area (Å²) < 4.78 is 16.6. The number of carbonyl (C=O) groups excluding carboxylic acids is 2. The van der Waals surface area contributed by atoms with Crippen molar-refractivity contribution in [3.63, 3.8) is 0 Å². The van der Waals surface area contributed by atoms with Crippen molar-refractivity contribution in [3.05, 3.63) is 0 Å². The van der Waals surface area contributed by atoms with Crippen molar-refractivity contribution < 1.29 is 18.7 Å². The normalized spacial score (nSPS) is 19.8. The molecule has 1 rings (SSSR count). The fourth-order valence-corrected chi connectivity index (χ4v) is 1.96. The highest BCUT2D eigenvalue weighted by Gasteiger charge is 2.37. The maximum absolute atomic E-state index is 11.2. The minimum absolute atomic E-state index is 0.0255. The fraction of sp³-hybridized carbons (Fsp3) is 0.667. The second-order valence-corrected chi connectivity index (χ2v) is 3.83. The van der Waals surface area contributed by atoms with E-state index in [4.69, 9.17) is 4.52 Å². The Morgan fingerprint density at radius 3 is 2.54 bits per heavy atom. The third-order valence-electron chi connectivity index (χ3n) is 1.59. The van der Waals surface area contributed by atoms with Gasteiger partial charge < -0.3 is 9.42 Å². The summed E-state index contributed by atoms with van der Waals surface area (Å²) >= 11 is 0. The van der Waals surface area contributed by atoms with Crippen LogP contribution in [0.3, 0.4) is 0 Å². The van der Waals surface area contributed by atoms with Crippen molar-refractivity contribution in [3.8, 4) is 0 Å². The molecule has 0 aliphatic carbocycles. The van der Waals surface area contributed by atoms with Crippen molar-refractivity contribution in [2.45, 2.75) is 6.92 Å². The lowest BCUT2D eigenvalue weighted by Gasteiger charge is -2.12. The van der Waals surface area contributed by atoms with E-state index in [2.05, 4.69) is 0 Å². The van der Waals surface area contributed by atoms with Gasteiger partial charge in [0.1, 0.15) is 6.54 Å². The van der Waals surface area contributed by atoms with Crippen molar-refractivity contribution >= 4 is 20.1 Å². The molecule has 0 aromatic carbocycles. The highest BCUT2D eigenvalue weighted by Crippen LogP contribution is 2.32. The lowest BCUT2D eigenvalue weighted by molar-refractivity contribution is -0.122. The van der Waals surface area contributed by atoms with E-state index in [0.29, 0.717) is 4.67 Å². The summed E-state index contributed by atoms with van der Waals surface area (Å²) in [5, 5.41) is 0. The second kappa shape index (κ2) is 3.89. The van der Waals surface area contributed by atoms with Gasteiger partial charge in [-0.3, -0.25) is 9.36 Å². The number of imide groups is 1. The van der Waals surface area contributed by atoms with Gasteiger partial charge in [-0.05, 0) is 6.92 Å². The number of carbonyl (C=O) groups is 2. The summed E-state index contributed by atoms with van der Waals surface area (Å²) in [6.45, 7) is 1.85. The van der Waals surface area contributed by atoms with Crippen LogP contribution in [0.1, 0.15) is 6.92 Å². The molecule has 0 N–H and O–H groups in total. The molecule has 0 aromatic heterocycles. The summed E-state index contributed by atoms with van der Waals surface area (Å²) in [5.74, 6) is -0.468. The fourth-order valence-electron chi connectivity index (χ4n) is 0.987. The summed E-state index contributed by atoms with van der Waals surface area (Å²) in [7, 11) is -1.23. The standard InChI is InChI=1S/C6H11N2O4P/c1-3-12-13(11)8-5(9)4-7(2)6(8)10/h13H,3-4H2,1-2H3. The molecule has 0 radical (unpaired) electrons. The van der Waals surface area contributed by atoms with Crippen molar-refractivity contribution in [2.24, 2.45) is 0 Å². The van der Waals surface area contributed by atoms with Crippen LogP contribution in [-0.2, 0) is 13.9 Å². The second-order valence-electron chi connectivity index (χ2n) is 2.57. The average Bonchev–Trinajstić information content (AvgIpc) is 2.27. The molecule has 13 heavy (non-hydrogen) atoms. The Balaban J connectivity index is 2.74. The monoisotopic (exact) mass is 206 g/mol. The topological polar surface area (TPSA) is 66.9 Å². The Labute approximate surface area is 76.4 Å². The molecule has 1 aliphatic rings. The largest absolute Gasteiger partial charge is 0.334 e. The predicted octanol–water partition coefficient (Wildman–Crippen LogP) is 0.307. The molecule has 0 aromatic rings. The lowest BCUT2D eigenvalue weighted by Crippen LogP contribution is -2.25. The molecule has 1 saturated heterocycles. The van der Waals surface area contributed by atoms with E-state index in [1.54, 1.807) is 6.92 Å². The first kappa shape index (κ1) is 10.2. The van der Waals surface area contributed by atoms with Gasteiger partial charge in [-0.15, -0.1) is 0 Å². The summed E-state index contributed by atoms with van der Waals surface area (Å²) in [4.78, 5) is 23.5. The minimum Gasteiger partial charge on any atom is -0.318 e. The molecule has 0 spiro atoms. The lowest BCUT2D eigenvalue weighted by atomic mass is 10.6. The molecule has 7 heteroatoms. The molecule has 6 nitrogen and oxygen atoms in total. The van der Waals surface area contributed by atoms with Crippen LogP contribution in [0.15, 0.2) is 0 Å². The number of nitrogens with zero attached hydrogens (tertiary/aromatic N) is 2. The van der Waals surface area contributed by atoms with E-state index in [1.807, 2.05) is 0 Å². The van der Waals surface area contributed by atoms with Gasteiger partial charge >= 0.3 is 6.03 Å². The minimum atomic E-state index is -2.71. The van der Waals surface area contributed by atoms with Crippen LogP contribution < -0.4 is 0 Å². The van der Waals surface area contributed by atoms with Crippen LogP contribution in [-0.4, -0.2) is 41.7 Å². The van der Waals surface area contributed by atoms with Gasteiger partial charge in [0.15, 0.2) is 0 Å². The molecule has 74 valence electrons. The first-order valence-electron chi connectivity index (χ1n) is 3.82. The zero-order valence-electron chi connectivity index (χ0n) is 7.44. The number of hydrogen-bond donors (Lipinski definition) is 0. The summed E-state index contributed by atoms with van der Waals surface area (Å²) in [6, 6.07) is -0.553. The van der Waals surface area contributed by atoms with E-state index < -0.39 is 20.1 Å².